The van der Waals surface area contributed by atoms with Gasteiger partial charge in [0.1, 0.15) is 50.0 Å². The van der Waals surface area contributed by atoms with Gasteiger partial charge >= 0.3 is 0 Å². The summed E-state index contributed by atoms with van der Waals surface area (Å²) in [4.78, 5) is 14.1. The predicted octanol–water partition coefficient (Wildman–Crippen LogP) is 8.37. The van der Waals surface area contributed by atoms with Gasteiger partial charge in [-0.25, -0.2) is 9.97 Å². The number of nitrogen functional groups attached to an aromatic ring is 1. The topological polar surface area (TPSA) is 82.6 Å². The molecule has 1 saturated heterocycles. The van der Waals surface area contributed by atoms with E-state index in [0.717, 1.165) is 77.5 Å². The summed E-state index contributed by atoms with van der Waals surface area (Å²) in [6, 6.07) is 37.8. The maximum absolute atomic E-state index is 6.25. The van der Waals surface area contributed by atoms with E-state index in [1.54, 1.807) is 0 Å². The number of nitrogens with zero attached hydrogens (tertiary/aromatic N) is 4. The van der Waals surface area contributed by atoms with Crippen molar-refractivity contribution < 1.29 is 14.0 Å². The molecule has 1 aromatic heterocycles. The average molecular weight is 661 g/mol. The van der Waals surface area contributed by atoms with Gasteiger partial charge in [-0.15, -0.1) is 0 Å². The van der Waals surface area contributed by atoms with Crippen molar-refractivity contribution in [3.8, 4) is 11.5 Å². The Morgan fingerprint density at radius 1 is 0.771 bits per heavy atom. The average Bonchev–Trinajstić information content (AvgIpc) is 3.10. The lowest BCUT2D eigenvalue weighted by atomic mass is 9.99. The predicted molar refractivity (Wildman–Crippen MR) is 193 cm³/mol. The van der Waals surface area contributed by atoms with Crippen LogP contribution in [0, 0.1) is 6.92 Å². The number of anilines is 1. The Labute approximate surface area is 288 Å². The third kappa shape index (κ3) is 8.79. The quantitative estimate of drug-likeness (QED) is 0.107. The number of hydrogen-bond acceptors (Lipinski definition) is 6. The van der Waals surface area contributed by atoms with Crippen LogP contribution in [0.1, 0.15) is 53.4 Å². The molecule has 7 nitrogen and oxygen atoms in total. The number of halogens is 1. The van der Waals surface area contributed by atoms with Crippen LogP contribution < -0.4 is 15.2 Å². The molecule has 5 aromatic rings. The van der Waals surface area contributed by atoms with Crippen molar-refractivity contribution in [3.05, 3.63) is 148 Å². The summed E-state index contributed by atoms with van der Waals surface area (Å²) < 4.78 is 13.1. The van der Waals surface area contributed by atoms with Gasteiger partial charge in [0.2, 0.25) is 0 Å². The van der Waals surface area contributed by atoms with Crippen molar-refractivity contribution in [1.82, 2.24) is 9.97 Å². The van der Waals surface area contributed by atoms with Gasteiger partial charge in [-0.1, -0.05) is 72.3 Å². The van der Waals surface area contributed by atoms with Crippen molar-refractivity contribution in [2.75, 3.05) is 18.8 Å². The number of likely N-dealkylation sites (tertiary alicyclic amines) is 1. The smallest absolute Gasteiger partial charge is 0.171 e. The van der Waals surface area contributed by atoms with Crippen molar-refractivity contribution >= 4 is 23.1 Å². The summed E-state index contributed by atoms with van der Waals surface area (Å²) in [5.41, 5.74) is 13.0. The molecule has 2 heterocycles. The zero-order valence-corrected chi connectivity index (χ0v) is 28.4. The largest absolute Gasteiger partial charge is 0.489 e. The number of aromatic nitrogens is 2. The molecule has 8 heteroatoms. The van der Waals surface area contributed by atoms with Gasteiger partial charge in [-0.3, -0.25) is 4.99 Å². The van der Waals surface area contributed by atoms with Crippen LogP contribution >= 0.6 is 11.6 Å². The molecule has 0 radical (unpaired) electrons. The lowest BCUT2D eigenvalue weighted by molar-refractivity contribution is -0.958. The van der Waals surface area contributed by atoms with Crippen LogP contribution in [-0.4, -0.2) is 39.3 Å². The lowest BCUT2D eigenvalue weighted by Crippen LogP contribution is -2.54. The first-order chi connectivity index (χ1) is 23.3. The molecule has 1 aliphatic rings. The fraction of sp³-hybridized carbons (Fsp3) is 0.275. The number of aryl methyl sites for hydroxylation is 1. The van der Waals surface area contributed by atoms with Gasteiger partial charge in [-0.2, -0.15) is 0 Å². The van der Waals surface area contributed by atoms with Crippen molar-refractivity contribution in [2.24, 2.45) is 4.99 Å². The highest BCUT2D eigenvalue weighted by molar-refractivity contribution is 6.31. The molecule has 1 atom stereocenters. The Morgan fingerprint density at radius 2 is 1.29 bits per heavy atom. The highest BCUT2D eigenvalue weighted by Gasteiger charge is 2.36. The number of nitrogens with two attached hydrogens (primary N) is 1. The third-order valence-corrected chi connectivity index (χ3v) is 9.20. The molecule has 4 aromatic carbocycles. The van der Waals surface area contributed by atoms with E-state index in [4.69, 9.17) is 31.8 Å². The molecule has 1 aliphatic heterocycles. The minimum Gasteiger partial charge on any atom is -0.489 e. The van der Waals surface area contributed by atoms with Gasteiger partial charge in [0.15, 0.2) is 11.0 Å². The Bertz CT molecular complexity index is 1720. The Balaban J connectivity index is 1.20. The van der Waals surface area contributed by atoms with Gasteiger partial charge in [-0.05, 0) is 86.3 Å². The minimum absolute atomic E-state index is 0.137. The monoisotopic (exact) mass is 660 g/mol. The normalized spacial score (nSPS) is 16.0. The molecule has 0 amide bonds. The van der Waals surface area contributed by atoms with Crippen LogP contribution in [0.3, 0.4) is 0 Å². The summed E-state index contributed by atoms with van der Waals surface area (Å²) in [5, 5.41) is 0.214. The molecule has 1 unspecified atom stereocenters. The molecule has 6 rings (SSSR count). The number of piperidine rings is 1. The van der Waals surface area contributed by atoms with Crippen LogP contribution in [0.25, 0.3) is 0 Å². The highest BCUT2D eigenvalue weighted by atomic mass is 35.5. The number of quaternary nitrogens is 1. The SMILES string of the molecule is CC(=NC1CCC[N+](Cc2ccc(OCc3ccccc3)cc2)(Cc2ccc(OCc3ccccc3)cc2)C1)c1nc(Cl)c(N)nc1C. The molecule has 0 bridgehead atoms. The van der Waals surface area contributed by atoms with E-state index in [2.05, 4.69) is 82.8 Å². The van der Waals surface area contributed by atoms with Gasteiger partial charge in [0.05, 0.1) is 24.0 Å². The van der Waals surface area contributed by atoms with Crippen molar-refractivity contribution in [3.63, 3.8) is 0 Å². The van der Waals surface area contributed by atoms with Crippen LogP contribution in [0.4, 0.5) is 5.82 Å². The van der Waals surface area contributed by atoms with Crippen LogP contribution in [0.15, 0.2) is 114 Å². The molecule has 1 fully saturated rings. The van der Waals surface area contributed by atoms with Gasteiger partial charge < -0.3 is 19.7 Å². The molecule has 246 valence electrons. The van der Waals surface area contributed by atoms with Gasteiger partial charge in [0.25, 0.3) is 0 Å². The first-order valence-corrected chi connectivity index (χ1v) is 16.9. The van der Waals surface area contributed by atoms with Crippen LogP contribution in [0.2, 0.25) is 5.15 Å². The van der Waals surface area contributed by atoms with E-state index >= 15 is 0 Å². The Hall–Kier alpha value is -4.72. The summed E-state index contributed by atoms with van der Waals surface area (Å²) in [5.74, 6) is 1.98. The second-order valence-electron chi connectivity index (χ2n) is 12.7. The summed E-state index contributed by atoms with van der Waals surface area (Å²) in [7, 11) is 0. The van der Waals surface area contributed by atoms with E-state index in [1.165, 1.54) is 11.1 Å². The summed E-state index contributed by atoms with van der Waals surface area (Å²) >= 11 is 6.25. The van der Waals surface area contributed by atoms with E-state index in [9.17, 15) is 0 Å². The minimum atomic E-state index is 0.137. The van der Waals surface area contributed by atoms with E-state index in [0.29, 0.717) is 18.9 Å². The first kappa shape index (κ1) is 33.2. The van der Waals surface area contributed by atoms with Crippen molar-refractivity contribution in [2.45, 2.75) is 59.0 Å². The Kier molecular flexibility index (Phi) is 10.7. The Morgan fingerprint density at radius 3 is 1.81 bits per heavy atom. The first-order valence-electron chi connectivity index (χ1n) is 16.5. The molecular formula is C40H43ClN5O2+. The zero-order chi connectivity index (χ0) is 33.3. The van der Waals surface area contributed by atoms with E-state index in [1.807, 2.05) is 50.2 Å². The number of hydrogen-bond donors (Lipinski definition) is 1. The van der Waals surface area contributed by atoms with E-state index in [-0.39, 0.29) is 17.0 Å². The molecule has 0 saturated carbocycles. The maximum atomic E-state index is 6.25. The highest BCUT2D eigenvalue weighted by Crippen LogP contribution is 2.30. The lowest BCUT2D eigenvalue weighted by Gasteiger charge is -2.44. The van der Waals surface area contributed by atoms with Crippen molar-refractivity contribution in [1.29, 1.82) is 0 Å². The standard InChI is InChI=1S/C40H43ClN5O2/c1-29(38-30(2)44-40(42)39(41)45-38)43-35-14-9-23-46(26-35,24-31-15-19-36(20-16-31)47-27-33-10-5-3-6-11-33)25-32-17-21-37(22-18-32)48-28-34-12-7-4-8-13-34/h3-8,10-13,15-22,35H,9,14,23-28H2,1-2H3,(H2,42,44)/q+1. The molecule has 48 heavy (non-hydrogen) atoms. The summed E-state index contributed by atoms with van der Waals surface area (Å²) in [6.45, 7) is 8.75. The summed E-state index contributed by atoms with van der Waals surface area (Å²) in [6.07, 6.45) is 2.09. The molecule has 2 N–H and O–H groups in total. The zero-order valence-electron chi connectivity index (χ0n) is 27.7. The second-order valence-corrected chi connectivity index (χ2v) is 13.1. The fourth-order valence-electron chi connectivity index (χ4n) is 6.57. The van der Waals surface area contributed by atoms with Crippen LogP contribution in [0.5, 0.6) is 11.5 Å². The third-order valence-electron chi connectivity index (χ3n) is 8.92. The fourth-order valence-corrected chi connectivity index (χ4v) is 6.70. The van der Waals surface area contributed by atoms with E-state index < -0.39 is 0 Å². The van der Waals surface area contributed by atoms with Gasteiger partial charge in [0, 0.05) is 11.1 Å². The number of aliphatic imine (C=N–C) groups is 1. The molecule has 0 spiro atoms. The van der Waals surface area contributed by atoms with Crippen LogP contribution in [-0.2, 0) is 26.3 Å². The number of ether oxygens (including phenoxy) is 2. The second kappa shape index (κ2) is 15.5. The number of benzene rings is 4. The molecule has 0 aliphatic carbocycles. The number of rotatable bonds is 12. The molecular weight excluding hydrogens is 618 g/mol. The maximum Gasteiger partial charge on any atom is 0.171 e.